The molecule has 78 valence electrons. The molecule has 2 aliphatic rings. The molecule has 3 heteroatoms. The van der Waals surface area contributed by atoms with E-state index in [1.54, 1.807) is 0 Å². The van der Waals surface area contributed by atoms with Crippen molar-refractivity contribution in [2.45, 2.75) is 38.5 Å². The molecule has 0 atom stereocenters. The molecule has 1 heterocycles. The van der Waals surface area contributed by atoms with E-state index in [-0.39, 0.29) is 18.1 Å². The van der Waals surface area contributed by atoms with Crippen molar-refractivity contribution in [3.63, 3.8) is 0 Å². The van der Waals surface area contributed by atoms with Crippen LogP contribution in [0.5, 0.6) is 0 Å². The molecule has 1 saturated carbocycles. The number of piperidine rings is 1. The molecule has 14 heavy (non-hydrogen) atoms. The third-order valence-corrected chi connectivity index (χ3v) is 3.39. The van der Waals surface area contributed by atoms with Crippen LogP contribution in [-0.4, -0.2) is 29.7 Å². The maximum Gasteiger partial charge on any atom is 0.230 e. The number of hydrogen-bond acceptors (Lipinski definition) is 2. The van der Waals surface area contributed by atoms with Gasteiger partial charge >= 0.3 is 0 Å². The highest BCUT2D eigenvalue weighted by Gasteiger charge is 2.25. The van der Waals surface area contributed by atoms with Gasteiger partial charge in [0.05, 0.1) is 6.42 Å². The van der Waals surface area contributed by atoms with Crippen molar-refractivity contribution in [3.8, 4) is 0 Å². The number of amides is 1. The first-order valence-corrected chi connectivity index (χ1v) is 5.55. The highest BCUT2D eigenvalue weighted by atomic mass is 16.2. The molecule has 0 aromatic carbocycles. The van der Waals surface area contributed by atoms with Crippen LogP contribution in [0, 0.1) is 5.92 Å². The lowest BCUT2D eigenvalue weighted by atomic mass is 9.83. The molecule has 0 unspecified atom stereocenters. The van der Waals surface area contributed by atoms with E-state index in [0.717, 1.165) is 18.9 Å². The summed E-state index contributed by atoms with van der Waals surface area (Å²) >= 11 is 0. The molecule has 0 spiro atoms. The molecule has 1 saturated heterocycles. The summed E-state index contributed by atoms with van der Waals surface area (Å²) in [6.45, 7) is 1.53. The van der Waals surface area contributed by atoms with Gasteiger partial charge in [-0.3, -0.25) is 9.59 Å². The maximum absolute atomic E-state index is 11.4. The molecule has 0 N–H and O–H groups in total. The van der Waals surface area contributed by atoms with Crippen LogP contribution in [0.15, 0.2) is 0 Å². The van der Waals surface area contributed by atoms with Gasteiger partial charge in [0.25, 0.3) is 0 Å². The normalized spacial score (nSPS) is 23.9. The topological polar surface area (TPSA) is 37.4 Å². The molecule has 0 bridgehead atoms. The Morgan fingerprint density at radius 1 is 1.29 bits per heavy atom. The zero-order chi connectivity index (χ0) is 9.97. The first-order chi connectivity index (χ1) is 6.75. The number of nitrogens with zero attached hydrogens (tertiary/aromatic N) is 1. The fourth-order valence-corrected chi connectivity index (χ4v) is 2.11. The standard InChI is InChI=1S/C11H17NO2/c13-10-5-7-12(11(14)8-10)6-4-9-2-1-3-9/h9H,1-8H2. The van der Waals surface area contributed by atoms with Gasteiger partial charge in [-0.05, 0) is 12.3 Å². The van der Waals surface area contributed by atoms with E-state index in [4.69, 9.17) is 0 Å². The van der Waals surface area contributed by atoms with Gasteiger partial charge in [0, 0.05) is 19.5 Å². The molecule has 1 amide bonds. The van der Waals surface area contributed by atoms with Crippen LogP contribution in [0.1, 0.15) is 38.5 Å². The number of likely N-dealkylation sites (tertiary alicyclic amines) is 1. The molecule has 0 aromatic rings. The average Bonchev–Trinajstić information content (AvgIpc) is 2.05. The van der Waals surface area contributed by atoms with Crippen molar-refractivity contribution in [1.29, 1.82) is 0 Å². The van der Waals surface area contributed by atoms with E-state index in [1.807, 2.05) is 4.90 Å². The number of Topliss-reactive ketones (excluding diaryl/α,β-unsaturated/α-hetero) is 1. The maximum atomic E-state index is 11.4. The second-order valence-electron chi connectivity index (χ2n) is 4.43. The lowest BCUT2D eigenvalue weighted by Gasteiger charge is -2.31. The van der Waals surface area contributed by atoms with Crippen molar-refractivity contribution >= 4 is 11.7 Å². The van der Waals surface area contributed by atoms with Crippen LogP contribution >= 0.6 is 0 Å². The predicted molar refractivity (Wildman–Crippen MR) is 52.8 cm³/mol. The van der Waals surface area contributed by atoms with Crippen LogP contribution in [-0.2, 0) is 9.59 Å². The summed E-state index contributed by atoms with van der Waals surface area (Å²) in [5.74, 6) is 0.996. The summed E-state index contributed by atoms with van der Waals surface area (Å²) in [7, 11) is 0. The van der Waals surface area contributed by atoms with Gasteiger partial charge < -0.3 is 4.90 Å². The zero-order valence-electron chi connectivity index (χ0n) is 8.50. The quantitative estimate of drug-likeness (QED) is 0.638. The predicted octanol–water partition coefficient (Wildman–Crippen LogP) is 1.37. The molecule has 0 aromatic heterocycles. The molecule has 3 nitrogen and oxygen atoms in total. The number of carbonyl (C=O) groups excluding carboxylic acids is 2. The Morgan fingerprint density at radius 3 is 2.64 bits per heavy atom. The Labute approximate surface area is 84.5 Å². The number of ketones is 1. The Morgan fingerprint density at radius 2 is 2.07 bits per heavy atom. The van der Waals surface area contributed by atoms with Gasteiger partial charge in [-0.2, -0.15) is 0 Å². The minimum atomic E-state index is 0.0422. The summed E-state index contributed by atoms with van der Waals surface area (Å²) in [4.78, 5) is 24.3. The van der Waals surface area contributed by atoms with Gasteiger partial charge in [-0.25, -0.2) is 0 Å². The molecule has 1 aliphatic heterocycles. The van der Waals surface area contributed by atoms with Crippen LogP contribution in [0.4, 0.5) is 0 Å². The van der Waals surface area contributed by atoms with Gasteiger partial charge in [-0.15, -0.1) is 0 Å². The van der Waals surface area contributed by atoms with Crippen molar-refractivity contribution in [2.75, 3.05) is 13.1 Å². The first-order valence-electron chi connectivity index (χ1n) is 5.55. The summed E-state index contributed by atoms with van der Waals surface area (Å²) < 4.78 is 0. The zero-order valence-corrected chi connectivity index (χ0v) is 8.50. The Bertz CT molecular complexity index is 246. The fourth-order valence-electron chi connectivity index (χ4n) is 2.11. The summed E-state index contributed by atoms with van der Waals surface area (Å²) in [6, 6.07) is 0. The summed E-state index contributed by atoms with van der Waals surface area (Å²) in [5, 5.41) is 0. The van der Waals surface area contributed by atoms with Crippen molar-refractivity contribution in [1.82, 2.24) is 4.90 Å². The van der Waals surface area contributed by atoms with E-state index >= 15 is 0 Å². The van der Waals surface area contributed by atoms with Crippen LogP contribution in [0.25, 0.3) is 0 Å². The molecule has 1 aliphatic carbocycles. The summed E-state index contributed by atoms with van der Waals surface area (Å²) in [5.41, 5.74) is 0. The molecule has 2 fully saturated rings. The largest absolute Gasteiger partial charge is 0.342 e. The molecule has 2 rings (SSSR count). The SMILES string of the molecule is O=C1CCN(CCC2CCC2)C(=O)C1. The Balaban J connectivity index is 1.73. The number of rotatable bonds is 3. The minimum Gasteiger partial charge on any atom is -0.342 e. The minimum absolute atomic E-state index is 0.0422. The second-order valence-corrected chi connectivity index (χ2v) is 4.43. The average molecular weight is 195 g/mol. The van der Waals surface area contributed by atoms with Crippen LogP contribution < -0.4 is 0 Å². The van der Waals surface area contributed by atoms with Crippen LogP contribution in [0.2, 0.25) is 0 Å². The van der Waals surface area contributed by atoms with Crippen molar-refractivity contribution in [2.24, 2.45) is 5.92 Å². The van der Waals surface area contributed by atoms with E-state index < -0.39 is 0 Å². The molecule has 0 radical (unpaired) electrons. The highest BCUT2D eigenvalue weighted by Crippen LogP contribution is 2.29. The lowest BCUT2D eigenvalue weighted by Crippen LogP contribution is -2.40. The smallest absolute Gasteiger partial charge is 0.230 e. The van der Waals surface area contributed by atoms with Gasteiger partial charge in [0.2, 0.25) is 5.91 Å². The van der Waals surface area contributed by atoms with E-state index in [9.17, 15) is 9.59 Å². The van der Waals surface area contributed by atoms with Gasteiger partial charge in [0.1, 0.15) is 5.78 Å². The van der Waals surface area contributed by atoms with E-state index in [2.05, 4.69) is 0 Å². The third kappa shape index (κ3) is 2.14. The molecular weight excluding hydrogens is 178 g/mol. The monoisotopic (exact) mass is 195 g/mol. The third-order valence-electron chi connectivity index (χ3n) is 3.39. The summed E-state index contributed by atoms with van der Waals surface area (Å²) in [6.07, 6.45) is 5.88. The first kappa shape index (κ1) is 9.69. The van der Waals surface area contributed by atoms with Crippen molar-refractivity contribution in [3.05, 3.63) is 0 Å². The van der Waals surface area contributed by atoms with Gasteiger partial charge in [-0.1, -0.05) is 19.3 Å². The number of hydrogen-bond donors (Lipinski definition) is 0. The fraction of sp³-hybridized carbons (Fsp3) is 0.818. The van der Waals surface area contributed by atoms with E-state index in [0.29, 0.717) is 13.0 Å². The van der Waals surface area contributed by atoms with Crippen molar-refractivity contribution < 1.29 is 9.59 Å². The van der Waals surface area contributed by atoms with E-state index in [1.165, 1.54) is 19.3 Å². The number of carbonyl (C=O) groups is 2. The lowest BCUT2D eigenvalue weighted by molar-refractivity contribution is -0.139. The Hall–Kier alpha value is -0.860. The van der Waals surface area contributed by atoms with Crippen LogP contribution in [0.3, 0.4) is 0 Å². The second kappa shape index (κ2) is 4.11. The van der Waals surface area contributed by atoms with Gasteiger partial charge in [0.15, 0.2) is 0 Å². The highest BCUT2D eigenvalue weighted by molar-refractivity contribution is 6.00. The molecular formula is C11H17NO2. The Kier molecular flexibility index (Phi) is 2.85.